The Labute approximate surface area is 171 Å². The molecule has 1 amide bonds. The van der Waals surface area contributed by atoms with E-state index in [0.29, 0.717) is 17.5 Å². The van der Waals surface area contributed by atoms with Crippen molar-refractivity contribution in [2.24, 2.45) is 17.6 Å². The number of aromatic nitrogens is 3. The molecule has 2 aromatic rings. The average Bonchev–Trinajstić information content (AvgIpc) is 3.06. The minimum atomic E-state index is -0.501. The van der Waals surface area contributed by atoms with Crippen LogP contribution in [0, 0.1) is 18.8 Å². The highest BCUT2D eigenvalue weighted by Crippen LogP contribution is 2.51. The molecule has 0 unspecified atom stereocenters. The highest BCUT2D eigenvalue weighted by Gasteiger charge is 2.53. The van der Waals surface area contributed by atoms with Crippen LogP contribution in [0.1, 0.15) is 46.8 Å². The van der Waals surface area contributed by atoms with Crippen molar-refractivity contribution in [2.45, 2.75) is 38.3 Å². The van der Waals surface area contributed by atoms with E-state index in [2.05, 4.69) is 19.9 Å². The Kier molecular flexibility index (Phi) is 6.07. The van der Waals surface area contributed by atoms with Gasteiger partial charge in [-0.2, -0.15) is 0 Å². The minimum absolute atomic E-state index is 0. The van der Waals surface area contributed by atoms with Gasteiger partial charge in [-0.1, -0.05) is 6.42 Å². The van der Waals surface area contributed by atoms with Crippen LogP contribution in [0.2, 0.25) is 0 Å². The summed E-state index contributed by atoms with van der Waals surface area (Å²) < 4.78 is 6.24. The van der Waals surface area contributed by atoms with Gasteiger partial charge in [0.25, 0.3) is 5.91 Å². The van der Waals surface area contributed by atoms with Gasteiger partial charge in [0.1, 0.15) is 17.1 Å². The van der Waals surface area contributed by atoms with Gasteiger partial charge >= 0.3 is 0 Å². The summed E-state index contributed by atoms with van der Waals surface area (Å²) in [6, 6.07) is 3.80. The highest BCUT2D eigenvalue weighted by molar-refractivity contribution is 5.90. The van der Waals surface area contributed by atoms with E-state index in [9.17, 15) is 4.79 Å². The van der Waals surface area contributed by atoms with Crippen LogP contribution in [0.15, 0.2) is 24.5 Å². The molecule has 152 valence electrons. The topological polar surface area (TPSA) is 97.1 Å². The maximum atomic E-state index is 11.6. The number of primary amides is 1. The number of amides is 1. The van der Waals surface area contributed by atoms with E-state index >= 15 is 0 Å². The van der Waals surface area contributed by atoms with Gasteiger partial charge in [-0.15, -0.1) is 12.4 Å². The van der Waals surface area contributed by atoms with Gasteiger partial charge in [0.2, 0.25) is 0 Å². The summed E-state index contributed by atoms with van der Waals surface area (Å²) in [7, 11) is 1.79. The SMILES string of the molecule is CO[C@]1(c2ccnc(C(N)=O)c2)[C@@H]2CCC[C@H]1CN(Cc1ncc(C)[nH]1)C2.Cl. The molecule has 2 bridgehead atoms. The number of hydrogen-bond donors (Lipinski definition) is 2. The second-order valence-corrected chi connectivity index (χ2v) is 7.82. The number of H-pyrrole nitrogens is 1. The van der Waals surface area contributed by atoms with Gasteiger partial charge in [0.05, 0.1) is 6.54 Å². The van der Waals surface area contributed by atoms with E-state index in [-0.39, 0.29) is 18.0 Å². The van der Waals surface area contributed by atoms with Crippen molar-refractivity contribution in [3.05, 3.63) is 47.3 Å². The van der Waals surface area contributed by atoms with Crippen molar-refractivity contribution in [3.8, 4) is 0 Å². The number of aryl methyl sites for hydroxylation is 1. The molecule has 1 saturated carbocycles. The fourth-order valence-corrected chi connectivity index (χ4v) is 5.14. The van der Waals surface area contributed by atoms with E-state index in [1.165, 1.54) is 6.42 Å². The van der Waals surface area contributed by atoms with Crippen LogP contribution in [-0.2, 0) is 16.9 Å². The predicted octanol–water partition coefficient (Wildman–Crippen LogP) is 2.41. The molecule has 3 N–H and O–H groups in total. The lowest BCUT2D eigenvalue weighted by atomic mass is 9.62. The van der Waals surface area contributed by atoms with Crippen molar-refractivity contribution in [2.75, 3.05) is 20.2 Å². The maximum absolute atomic E-state index is 11.6. The fourth-order valence-electron chi connectivity index (χ4n) is 5.14. The number of likely N-dealkylation sites (tertiary alicyclic amines) is 1. The summed E-state index contributed by atoms with van der Waals surface area (Å²) in [6.07, 6.45) is 6.96. The number of pyridine rings is 1. The number of fused-ring (bicyclic) bond motifs is 2. The Balaban J connectivity index is 0.00000225. The summed E-state index contributed by atoms with van der Waals surface area (Å²) in [5, 5.41) is 0. The standard InChI is InChI=1S/C20H27N5O2.ClH/c1-13-9-23-18(24-13)12-25-10-15-4-3-5-16(11-25)20(15,27-2)14-6-7-22-17(8-14)19(21)26;/h6-9,15-16H,3-5,10-12H2,1-2H3,(H2,21,26)(H,23,24);1H/t15-,16+,20-;. The summed E-state index contributed by atoms with van der Waals surface area (Å²) in [4.78, 5) is 26.0. The Hall–Kier alpha value is -1.96. The van der Waals surface area contributed by atoms with Gasteiger partial charge in [0, 0.05) is 50.1 Å². The number of nitrogens with two attached hydrogens (primary N) is 1. The van der Waals surface area contributed by atoms with Crippen molar-refractivity contribution < 1.29 is 9.53 Å². The third kappa shape index (κ3) is 3.54. The lowest BCUT2D eigenvalue weighted by Gasteiger charge is -2.55. The zero-order chi connectivity index (χ0) is 19.0. The largest absolute Gasteiger partial charge is 0.373 e. The van der Waals surface area contributed by atoms with Crippen LogP contribution in [0.5, 0.6) is 0 Å². The normalized spacial score (nSPS) is 27.2. The number of hydrogen-bond acceptors (Lipinski definition) is 5. The number of piperidine rings is 1. The zero-order valence-electron chi connectivity index (χ0n) is 16.4. The molecule has 2 fully saturated rings. The molecule has 1 aliphatic carbocycles. The summed E-state index contributed by atoms with van der Waals surface area (Å²) >= 11 is 0. The number of halogens is 1. The highest BCUT2D eigenvalue weighted by atomic mass is 35.5. The van der Waals surface area contributed by atoms with Gasteiger partial charge in [-0.25, -0.2) is 4.98 Å². The summed E-state index contributed by atoms with van der Waals surface area (Å²) in [5.74, 6) is 1.22. The molecule has 1 saturated heterocycles. The number of aromatic amines is 1. The molecular weight excluding hydrogens is 378 g/mol. The molecule has 2 aliphatic rings. The smallest absolute Gasteiger partial charge is 0.267 e. The van der Waals surface area contributed by atoms with E-state index in [1.807, 2.05) is 25.3 Å². The second-order valence-electron chi connectivity index (χ2n) is 7.82. The van der Waals surface area contributed by atoms with Crippen LogP contribution in [0.25, 0.3) is 0 Å². The van der Waals surface area contributed by atoms with E-state index < -0.39 is 5.91 Å². The lowest BCUT2D eigenvalue weighted by Crippen LogP contribution is -2.58. The molecular formula is C20H28ClN5O2. The number of ether oxygens (including phenoxy) is 1. The predicted molar refractivity (Wildman–Crippen MR) is 108 cm³/mol. The van der Waals surface area contributed by atoms with Gasteiger partial charge < -0.3 is 15.5 Å². The van der Waals surface area contributed by atoms with Crippen LogP contribution >= 0.6 is 12.4 Å². The third-order valence-electron chi connectivity index (χ3n) is 6.21. The van der Waals surface area contributed by atoms with Crippen LogP contribution < -0.4 is 5.73 Å². The van der Waals surface area contributed by atoms with Crippen molar-refractivity contribution in [1.29, 1.82) is 0 Å². The first-order chi connectivity index (χ1) is 13.0. The Bertz CT molecular complexity index is 826. The Morgan fingerprint density at radius 3 is 2.64 bits per heavy atom. The van der Waals surface area contributed by atoms with Crippen molar-refractivity contribution >= 4 is 18.3 Å². The molecule has 8 heteroatoms. The summed E-state index contributed by atoms with van der Waals surface area (Å²) in [5.41, 5.74) is 7.49. The molecule has 0 aromatic carbocycles. The van der Waals surface area contributed by atoms with Crippen LogP contribution in [0.4, 0.5) is 0 Å². The van der Waals surface area contributed by atoms with Crippen molar-refractivity contribution in [1.82, 2.24) is 19.9 Å². The maximum Gasteiger partial charge on any atom is 0.267 e. The first-order valence-corrected chi connectivity index (χ1v) is 9.57. The average molecular weight is 406 g/mol. The first-order valence-electron chi connectivity index (χ1n) is 9.57. The second kappa shape index (κ2) is 8.19. The lowest BCUT2D eigenvalue weighted by molar-refractivity contribution is -0.170. The van der Waals surface area contributed by atoms with E-state index in [1.54, 1.807) is 13.3 Å². The zero-order valence-corrected chi connectivity index (χ0v) is 17.2. The molecule has 7 nitrogen and oxygen atoms in total. The number of methoxy groups -OCH3 is 1. The Morgan fingerprint density at radius 2 is 2.07 bits per heavy atom. The molecule has 28 heavy (non-hydrogen) atoms. The van der Waals surface area contributed by atoms with Crippen LogP contribution in [0.3, 0.4) is 0 Å². The number of imidazole rings is 1. The van der Waals surface area contributed by atoms with Gasteiger partial charge in [-0.05, 0) is 37.5 Å². The molecule has 2 aromatic heterocycles. The number of carbonyl (C=O) groups is 1. The monoisotopic (exact) mass is 405 g/mol. The molecule has 0 radical (unpaired) electrons. The fraction of sp³-hybridized carbons (Fsp3) is 0.550. The molecule has 0 spiro atoms. The number of nitrogens with one attached hydrogen (secondary N) is 1. The molecule has 4 rings (SSSR count). The van der Waals surface area contributed by atoms with Gasteiger partial charge in [-0.3, -0.25) is 14.7 Å². The summed E-state index contributed by atoms with van der Waals surface area (Å²) in [6.45, 7) is 4.73. The van der Waals surface area contributed by atoms with Crippen LogP contribution in [-0.4, -0.2) is 46.0 Å². The van der Waals surface area contributed by atoms with Crippen molar-refractivity contribution in [3.63, 3.8) is 0 Å². The molecule has 1 aliphatic heterocycles. The molecule has 3 atom stereocenters. The van der Waals surface area contributed by atoms with E-state index in [4.69, 9.17) is 10.5 Å². The number of rotatable bonds is 5. The first kappa shape index (κ1) is 20.8. The number of carbonyl (C=O) groups excluding carboxylic acids is 1. The quantitative estimate of drug-likeness (QED) is 0.796. The minimum Gasteiger partial charge on any atom is -0.373 e. The van der Waals surface area contributed by atoms with Gasteiger partial charge in [0.15, 0.2) is 0 Å². The third-order valence-corrected chi connectivity index (χ3v) is 6.21. The van der Waals surface area contributed by atoms with E-state index in [0.717, 1.165) is 49.6 Å². The Morgan fingerprint density at radius 1 is 1.36 bits per heavy atom. The number of nitrogens with zero attached hydrogens (tertiary/aromatic N) is 3. The molecule has 3 heterocycles.